The number of para-hydroxylation sites is 2. The number of carbonyl (C=O) groups is 1. The Balaban J connectivity index is 1.86. The van der Waals surface area contributed by atoms with Gasteiger partial charge in [-0.15, -0.1) is 0 Å². The number of hydrogen-bond acceptors (Lipinski definition) is 3. The van der Waals surface area contributed by atoms with E-state index >= 15 is 0 Å². The van der Waals surface area contributed by atoms with Crippen molar-refractivity contribution in [1.82, 2.24) is 0 Å². The van der Waals surface area contributed by atoms with Crippen LogP contribution in [0, 0.1) is 6.92 Å². The Morgan fingerprint density at radius 3 is 2.71 bits per heavy atom. The van der Waals surface area contributed by atoms with Crippen molar-refractivity contribution in [3.8, 4) is 0 Å². The SMILES string of the molecule is Cc1cc2occ(CC(=O)Nc3ccccc3N)c2cc1C(C)C. The summed E-state index contributed by atoms with van der Waals surface area (Å²) in [5.41, 5.74) is 11.2. The van der Waals surface area contributed by atoms with E-state index in [2.05, 4.69) is 32.2 Å². The molecule has 0 saturated carbocycles. The number of carbonyl (C=O) groups excluding carboxylic acids is 1. The standard InChI is InChI=1S/C20H22N2O2/c1-12(2)15-10-16-14(11-24-19(16)8-13(15)3)9-20(23)22-18-7-5-4-6-17(18)21/h4-8,10-12H,9,21H2,1-3H3,(H,22,23). The fourth-order valence-corrected chi connectivity index (χ4v) is 2.98. The van der Waals surface area contributed by atoms with Crippen LogP contribution in [0.5, 0.6) is 0 Å². The van der Waals surface area contributed by atoms with Crippen LogP contribution in [0.4, 0.5) is 11.4 Å². The van der Waals surface area contributed by atoms with Crippen LogP contribution in [0.15, 0.2) is 47.1 Å². The molecule has 2 aromatic carbocycles. The summed E-state index contributed by atoms with van der Waals surface area (Å²) in [7, 11) is 0. The molecule has 0 aliphatic carbocycles. The molecule has 4 heteroatoms. The largest absolute Gasteiger partial charge is 0.464 e. The van der Waals surface area contributed by atoms with E-state index in [-0.39, 0.29) is 12.3 Å². The Bertz CT molecular complexity index is 894. The van der Waals surface area contributed by atoms with Crippen molar-refractivity contribution in [3.63, 3.8) is 0 Å². The van der Waals surface area contributed by atoms with Crippen molar-refractivity contribution in [3.05, 3.63) is 59.4 Å². The summed E-state index contributed by atoms with van der Waals surface area (Å²) in [6.45, 7) is 6.42. The Morgan fingerprint density at radius 1 is 1.25 bits per heavy atom. The summed E-state index contributed by atoms with van der Waals surface area (Å²) >= 11 is 0. The second kappa shape index (κ2) is 6.40. The van der Waals surface area contributed by atoms with Gasteiger partial charge in [-0.25, -0.2) is 0 Å². The lowest BCUT2D eigenvalue weighted by Crippen LogP contribution is -2.15. The zero-order chi connectivity index (χ0) is 17.3. The number of anilines is 2. The Morgan fingerprint density at radius 2 is 2.00 bits per heavy atom. The van der Waals surface area contributed by atoms with Crippen molar-refractivity contribution in [2.75, 3.05) is 11.1 Å². The maximum atomic E-state index is 12.4. The molecule has 24 heavy (non-hydrogen) atoms. The summed E-state index contributed by atoms with van der Waals surface area (Å²) in [4.78, 5) is 12.4. The molecule has 0 radical (unpaired) electrons. The number of rotatable bonds is 4. The van der Waals surface area contributed by atoms with E-state index in [0.717, 1.165) is 16.5 Å². The topological polar surface area (TPSA) is 68.3 Å². The lowest BCUT2D eigenvalue weighted by atomic mass is 9.95. The van der Waals surface area contributed by atoms with Crippen LogP contribution in [-0.4, -0.2) is 5.91 Å². The Labute approximate surface area is 141 Å². The molecule has 3 N–H and O–H groups in total. The molecular formula is C20H22N2O2. The number of nitrogens with one attached hydrogen (secondary N) is 1. The molecule has 0 unspecified atom stereocenters. The lowest BCUT2D eigenvalue weighted by molar-refractivity contribution is -0.115. The van der Waals surface area contributed by atoms with Gasteiger partial charge in [-0.1, -0.05) is 26.0 Å². The molecule has 3 rings (SSSR count). The molecule has 1 heterocycles. The molecule has 0 aliphatic rings. The third-order valence-corrected chi connectivity index (χ3v) is 4.25. The first-order chi connectivity index (χ1) is 11.5. The second-order valence-corrected chi connectivity index (χ2v) is 6.43. The van der Waals surface area contributed by atoms with Gasteiger partial charge in [0.15, 0.2) is 0 Å². The van der Waals surface area contributed by atoms with Gasteiger partial charge in [0.25, 0.3) is 0 Å². The van der Waals surface area contributed by atoms with Gasteiger partial charge < -0.3 is 15.5 Å². The van der Waals surface area contributed by atoms with E-state index in [9.17, 15) is 4.79 Å². The Kier molecular flexibility index (Phi) is 4.30. The van der Waals surface area contributed by atoms with Crippen LogP contribution in [0.2, 0.25) is 0 Å². The van der Waals surface area contributed by atoms with Gasteiger partial charge in [0.05, 0.1) is 24.1 Å². The van der Waals surface area contributed by atoms with Crippen molar-refractivity contribution in [2.45, 2.75) is 33.1 Å². The number of nitrogens with two attached hydrogens (primary N) is 1. The highest BCUT2D eigenvalue weighted by atomic mass is 16.3. The van der Waals surface area contributed by atoms with Crippen LogP contribution in [0.3, 0.4) is 0 Å². The highest BCUT2D eigenvalue weighted by molar-refractivity contribution is 5.97. The number of fused-ring (bicyclic) bond motifs is 1. The monoisotopic (exact) mass is 322 g/mol. The van der Waals surface area contributed by atoms with E-state index in [1.54, 1.807) is 18.4 Å². The molecule has 124 valence electrons. The number of benzene rings is 2. The second-order valence-electron chi connectivity index (χ2n) is 6.43. The number of amides is 1. The van der Waals surface area contributed by atoms with Crippen LogP contribution in [0.1, 0.15) is 36.5 Å². The highest BCUT2D eigenvalue weighted by Crippen LogP contribution is 2.29. The molecule has 0 spiro atoms. The molecular weight excluding hydrogens is 300 g/mol. The van der Waals surface area contributed by atoms with E-state index in [0.29, 0.717) is 17.3 Å². The van der Waals surface area contributed by atoms with Crippen LogP contribution in [0.25, 0.3) is 11.0 Å². The summed E-state index contributed by atoms with van der Waals surface area (Å²) in [6, 6.07) is 11.4. The van der Waals surface area contributed by atoms with Crippen LogP contribution < -0.4 is 11.1 Å². The van der Waals surface area contributed by atoms with Crippen molar-refractivity contribution >= 4 is 28.3 Å². The zero-order valence-electron chi connectivity index (χ0n) is 14.2. The van der Waals surface area contributed by atoms with E-state index in [1.807, 2.05) is 18.2 Å². The van der Waals surface area contributed by atoms with Gasteiger partial charge in [-0.2, -0.15) is 0 Å². The predicted octanol–water partition coefficient (Wildman–Crippen LogP) is 4.63. The van der Waals surface area contributed by atoms with Gasteiger partial charge >= 0.3 is 0 Å². The highest BCUT2D eigenvalue weighted by Gasteiger charge is 2.14. The first-order valence-electron chi connectivity index (χ1n) is 8.10. The average Bonchev–Trinajstić information content (AvgIpc) is 2.90. The van der Waals surface area contributed by atoms with E-state index < -0.39 is 0 Å². The fourth-order valence-electron chi connectivity index (χ4n) is 2.98. The Hall–Kier alpha value is -2.75. The molecule has 0 aliphatic heterocycles. The van der Waals surface area contributed by atoms with Crippen molar-refractivity contribution in [1.29, 1.82) is 0 Å². The third-order valence-electron chi connectivity index (χ3n) is 4.25. The van der Waals surface area contributed by atoms with Crippen LogP contribution in [-0.2, 0) is 11.2 Å². The van der Waals surface area contributed by atoms with Crippen molar-refractivity contribution < 1.29 is 9.21 Å². The van der Waals surface area contributed by atoms with E-state index in [4.69, 9.17) is 10.2 Å². The van der Waals surface area contributed by atoms with Gasteiger partial charge in [0, 0.05) is 10.9 Å². The number of aryl methyl sites for hydroxylation is 1. The zero-order valence-corrected chi connectivity index (χ0v) is 14.2. The molecule has 1 amide bonds. The van der Waals surface area contributed by atoms with Gasteiger partial charge in [-0.05, 0) is 48.2 Å². The number of nitrogen functional groups attached to an aromatic ring is 1. The molecule has 0 fully saturated rings. The quantitative estimate of drug-likeness (QED) is 0.688. The molecule has 3 aromatic rings. The van der Waals surface area contributed by atoms with Gasteiger partial charge in [0.2, 0.25) is 5.91 Å². The van der Waals surface area contributed by atoms with Crippen LogP contribution >= 0.6 is 0 Å². The molecule has 0 saturated heterocycles. The maximum Gasteiger partial charge on any atom is 0.228 e. The molecule has 4 nitrogen and oxygen atoms in total. The van der Waals surface area contributed by atoms with Gasteiger partial charge in [-0.3, -0.25) is 4.79 Å². The summed E-state index contributed by atoms with van der Waals surface area (Å²) in [5, 5.41) is 3.86. The third kappa shape index (κ3) is 3.13. The summed E-state index contributed by atoms with van der Waals surface area (Å²) in [6.07, 6.45) is 1.92. The minimum absolute atomic E-state index is 0.109. The molecule has 1 aromatic heterocycles. The minimum Gasteiger partial charge on any atom is -0.464 e. The van der Waals surface area contributed by atoms with Crippen molar-refractivity contribution in [2.24, 2.45) is 0 Å². The number of furan rings is 1. The first kappa shape index (κ1) is 16.1. The first-order valence-corrected chi connectivity index (χ1v) is 8.10. The normalized spacial score (nSPS) is 11.2. The molecule has 0 atom stereocenters. The van der Waals surface area contributed by atoms with Gasteiger partial charge in [0.1, 0.15) is 5.58 Å². The lowest BCUT2D eigenvalue weighted by Gasteiger charge is -2.10. The fraction of sp³-hybridized carbons (Fsp3) is 0.250. The summed E-state index contributed by atoms with van der Waals surface area (Å²) < 4.78 is 5.63. The summed E-state index contributed by atoms with van der Waals surface area (Å²) in [5.74, 6) is 0.317. The molecule has 0 bridgehead atoms. The minimum atomic E-state index is -0.109. The predicted molar refractivity (Wildman–Crippen MR) is 98.2 cm³/mol. The smallest absolute Gasteiger partial charge is 0.228 e. The number of hydrogen-bond donors (Lipinski definition) is 2. The average molecular weight is 322 g/mol. The van der Waals surface area contributed by atoms with E-state index in [1.165, 1.54) is 11.1 Å². The maximum absolute atomic E-state index is 12.4.